The molecule has 3 rings (SSSR count). The maximum atomic E-state index is 12.0. The molecule has 2 aromatic rings. The van der Waals surface area contributed by atoms with Crippen LogP contribution in [-0.4, -0.2) is 43.4 Å². The monoisotopic (exact) mass is 520 g/mol. The quantitative estimate of drug-likeness (QED) is 0.342. The Morgan fingerprint density at radius 2 is 1.57 bits per heavy atom. The highest BCUT2D eigenvalue weighted by molar-refractivity contribution is 14.0. The first-order valence-corrected chi connectivity index (χ1v) is 10.5. The van der Waals surface area contributed by atoms with Gasteiger partial charge >= 0.3 is 0 Å². The van der Waals surface area contributed by atoms with E-state index in [1.165, 1.54) is 18.4 Å². The average Bonchev–Trinajstić information content (AvgIpc) is 2.77. The molecule has 30 heavy (non-hydrogen) atoms. The van der Waals surface area contributed by atoms with E-state index >= 15 is 0 Å². The molecule has 0 saturated heterocycles. The Morgan fingerprint density at radius 3 is 2.17 bits per heavy atom. The predicted octanol–water partition coefficient (Wildman–Crippen LogP) is 4.15. The summed E-state index contributed by atoms with van der Waals surface area (Å²) in [5.41, 5.74) is 2.60. The van der Waals surface area contributed by atoms with Crippen LogP contribution in [0, 0.1) is 0 Å². The van der Waals surface area contributed by atoms with Crippen molar-refractivity contribution < 1.29 is 4.79 Å². The largest absolute Gasteiger partial charge is 0.354 e. The summed E-state index contributed by atoms with van der Waals surface area (Å²) in [6.07, 6.45) is 4.55. The number of benzene rings is 2. The minimum absolute atomic E-state index is 0. The maximum Gasteiger partial charge on any atom is 0.241 e. The number of carbonyl (C=O) groups is 1. The topological polar surface area (TPSA) is 56.7 Å². The first-order chi connectivity index (χ1) is 14.1. The van der Waals surface area contributed by atoms with Gasteiger partial charge < -0.3 is 15.5 Å². The van der Waals surface area contributed by atoms with Crippen molar-refractivity contribution in [2.75, 3.05) is 20.6 Å². The van der Waals surface area contributed by atoms with Crippen LogP contribution in [-0.2, 0) is 11.3 Å². The van der Waals surface area contributed by atoms with Crippen LogP contribution in [0.4, 0.5) is 0 Å². The zero-order chi connectivity index (χ0) is 20.5. The van der Waals surface area contributed by atoms with E-state index in [9.17, 15) is 4.79 Å². The Bertz CT molecular complexity index is 787. The molecule has 5 nitrogen and oxygen atoms in total. The fraction of sp³-hybridized carbons (Fsp3) is 0.417. The number of nitrogens with one attached hydrogen (secondary N) is 2. The summed E-state index contributed by atoms with van der Waals surface area (Å²) in [7, 11) is 3.53. The van der Waals surface area contributed by atoms with Gasteiger partial charge in [-0.2, -0.15) is 0 Å². The fourth-order valence-corrected chi connectivity index (χ4v) is 3.71. The molecular formula is C24H33IN4O. The third-order valence-electron chi connectivity index (χ3n) is 5.51. The second-order valence-corrected chi connectivity index (χ2v) is 7.90. The summed E-state index contributed by atoms with van der Waals surface area (Å²) in [5.74, 6) is 1.39. The number of halogens is 1. The number of hydrogen-bond donors (Lipinski definition) is 2. The van der Waals surface area contributed by atoms with Crippen molar-refractivity contribution in [1.82, 2.24) is 15.5 Å². The summed E-state index contributed by atoms with van der Waals surface area (Å²) in [6.45, 7) is 0.832. The predicted molar refractivity (Wildman–Crippen MR) is 134 cm³/mol. The lowest BCUT2D eigenvalue weighted by Crippen LogP contribution is -2.47. The number of amides is 1. The van der Waals surface area contributed by atoms with E-state index < -0.39 is 0 Å². The minimum Gasteiger partial charge on any atom is -0.354 e. The lowest BCUT2D eigenvalue weighted by atomic mass is 9.82. The van der Waals surface area contributed by atoms with Gasteiger partial charge in [0.2, 0.25) is 5.91 Å². The van der Waals surface area contributed by atoms with E-state index in [2.05, 4.69) is 53.1 Å². The first-order valence-electron chi connectivity index (χ1n) is 10.5. The molecule has 0 aliphatic heterocycles. The van der Waals surface area contributed by atoms with E-state index in [1.807, 2.05) is 18.2 Å². The van der Waals surface area contributed by atoms with Crippen LogP contribution in [0.2, 0.25) is 0 Å². The molecular weight excluding hydrogens is 487 g/mol. The molecule has 6 heteroatoms. The van der Waals surface area contributed by atoms with Crippen molar-refractivity contribution >= 4 is 35.8 Å². The Morgan fingerprint density at radius 1 is 0.967 bits per heavy atom. The number of guanidine groups is 1. The van der Waals surface area contributed by atoms with Crippen molar-refractivity contribution in [1.29, 1.82) is 0 Å². The summed E-state index contributed by atoms with van der Waals surface area (Å²) in [4.78, 5) is 18.3. The van der Waals surface area contributed by atoms with Gasteiger partial charge in [0.05, 0.1) is 13.1 Å². The highest BCUT2D eigenvalue weighted by Gasteiger charge is 2.23. The molecule has 162 valence electrons. The Labute approximate surface area is 197 Å². The second kappa shape index (κ2) is 12.6. The lowest BCUT2D eigenvalue weighted by molar-refractivity contribution is -0.127. The van der Waals surface area contributed by atoms with Crippen LogP contribution in [0.15, 0.2) is 65.7 Å². The molecule has 0 aromatic heterocycles. The number of nitrogens with zero attached hydrogens (tertiary/aromatic N) is 2. The van der Waals surface area contributed by atoms with Crippen LogP contribution >= 0.6 is 24.0 Å². The summed E-state index contributed by atoms with van der Waals surface area (Å²) in [5, 5.41) is 6.77. The van der Waals surface area contributed by atoms with Gasteiger partial charge in [0.25, 0.3) is 0 Å². The van der Waals surface area contributed by atoms with Gasteiger partial charge in [-0.1, -0.05) is 60.7 Å². The zero-order valence-corrected chi connectivity index (χ0v) is 20.2. The minimum atomic E-state index is 0. The SMILES string of the molecule is CN(C)C(=O)CNC(=NCc1ccccc1)NC1CCC(c2ccccc2)CC1.I. The summed E-state index contributed by atoms with van der Waals surface area (Å²) < 4.78 is 0. The van der Waals surface area contributed by atoms with Gasteiger partial charge in [-0.05, 0) is 42.7 Å². The molecule has 1 aliphatic rings. The van der Waals surface area contributed by atoms with Gasteiger partial charge in [-0.25, -0.2) is 4.99 Å². The van der Waals surface area contributed by atoms with Crippen LogP contribution in [0.1, 0.15) is 42.7 Å². The number of hydrogen-bond acceptors (Lipinski definition) is 2. The van der Waals surface area contributed by atoms with Crippen molar-refractivity contribution in [2.24, 2.45) is 4.99 Å². The van der Waals surface area contributed by atoms with Crippen molar-refractivity contribution in [2.45, 2.75) is 44.2 Å². The molecule has 0 bridgehead atoms. The summed E-state index contributed by atoms with van der Waals surface area (Å²) >= 11 is 0. The molecule has 2 aromatic carbocycles. The van der Waals surface area contributed by atoms with Gasteiger partial charge in [0.1, 0.15) is 0 Å². The zero-order valence-electron chi connectivity index (χ0n) is 17.9. The molecule has 0 atom stereocenters. The number of rotatable bonds is 6. The summed E-state index contributed by atoms with van der Waals surface area (Å²) in [6, 6.07) is 21.4. The fourth-order valence-electron chi connectivity index (χ4n) is 3.71. The van der Waals surface area contributed by atoms with Crippen LogP contribution in [0.3, 0.4) is 0 Å². The third kappa shape index (κ3) is 7.63. The van der Waals surface area contributed by atoms with Gasteiger partial charge in [0, 0.05) is 20.1 Å². The Kier molecular flexibility index (Phi) is 10.1. The number of carbonyl (C=O) groups excluding carboxylic acids is 1. The molecule has 0 heterocycles. The van der Waals surface area contributed by atoms with E-state index in [0.29, 0.717) is 24.5 Å². The lowest BCUT2D eigenvalue weighted by Gasteiger charge is -2.30. The highest BCUT2D eigenvalue weighted by atomic mass is 127. The Hall–Kier alpha value is -2.09. The standard InChI is InChI=1S/C24H32N4O.HI/c1-28(2)23(29)18-26-24(25-17-19-9-5-3-6-10-19)27-22-15-13-21(14-16-22)20-11-7-4-8-12-20;/h3-12,21-22H,13-18H2,1-2H3,(H2,25,26,27);1H. The van der Waals surface area contributed by atoms with Crippen LogP contribution < -0.4 is 10.6 Å². The molecule has 1 saturated carbocycles. The Balaban J connectivity index is 0.00000320. The molecule has 1 aliphatic carbocycles. The van der Waals surface area contributed by atoms with E-state index in [-0.39, 0.29) is 36.4 Å². The molecule has 0 spiro atoms. The number of likely N-dealkylation sites (N-methyl/N-ethyl adjacent to an activating group) is 1. The normalized spacial score (nSPS) is 18.8. The average molecular weight is 520 g/mol. The molecule has 0 unspecified atom stereocenters. The highest BCUT2D eigenvalue weighted by Crippen LogP contribution is 2.32. The van der Waals surface area contributed by atoms with Gasteiger partial charge in [0.15, 0.2) is 5.96 Å². The van der Waals surface area contributed by atoms with Gasteiger partial charge in [-0.3, -0.25) is 4.79 Å². The second-order valence-electron chi connectivity index (χ2n) is 7.90. The van der Waals surface area contributed by atoms with E-state index in [4.69, 9.17) is 4.99 Å². The van der Waals surface area contributed by atoms with Crippen LogP contribution in [0.5, 0.6) is 0 Å². The molecule has 0 radical (unpaired) electrons. The van der Waals surface area contributed by atoms with Crippen molar-refractivity contribution in [3.05, 3.63) is 71.8 Å². The van der Waals surface area contributed by atoms with E-state index in [1.54, 1.807) is 19.0 Å². The molecule has 2 N–H and O–H groups in total. The van der Waals surface area contributed by atoms with E-state index in [0.717, 1.165) is 18.4 Å². The van der Waals surface area contributed by atoms with Crippen LogP contribution in [0.25, 0.3) is 0 Å². The van der Waals surface area contributed by atoms with Gasteiger partial charge in [-0.15, -0.1) is 24.0 Å². The van der Waals surface area contributed by atoms with Crippen molar-refractivity contribution in [3.8, 4) is 0 Å². The first kappa shape index (κ1) is 24.2. The molecule has 1 amide bonds. The molecule has 1 fully saturated rings. The van der Waals surface area contributed by atoms with Crippen molar-refractivity contribution in [3.63, 3.8) is 0 Å². The third-order valence-corrected chi connectivity index (χ3v) is 5.51. The maximum absolute atomic E-state index is 12.0. The smallest absolute Gasteiger partial charge is 0.241 e. The number of aliphatic imine (C=N–C) groups is 1.